The van der Waals surface area contributed by atoms with E-state index in [1.54, 1.807) is 0 Å². The first-order chi connectivity index (χ1) is 7.93. The largest absolute Gasteiger partial charge is 0.113 e. The van der Waals surface area contributed by atoms with Crippen LogP contribution in [0, 0.1) is 0 Å². The van der Waals surface area contributed by atoms with Crippen molar-refractivity contribution in [2.45, 2.75) is 10.1 Å². The van der Waals surface area contributed by atoms with Crippen molar-refractivity contribution in [2.75, 3.05) is 0 Å². The Kier molecular flexibility index (Phi) is 2.55. The minimum atomic E-state index is 0.455. The third-order valence-corrected chi connectivity index (χ3v) is 4.06. The Bertz CT molecular complexity index is 514. The summed E-state index contributed by atoms with van der Waals surface area (Å²) in [4.78, 5) is 1.37. The van der Waals surface area contributed by atoms with Crippen LogP contribution in [0.3, 0.4) is 0 Å². The summed E-state index contributed by atoms with van der Waals surface area (Å²) >= 11 is 1.92. The Hall–Kier alpha value is -1.47. The van der Waals surface area contributed by atoms with Crippen molar-refractivity contribution in [3.8, 4) is 0 Å². The van der Waals surface area contributed by atoms with Crippen LogP contribution >= 0.6 is 11.8 Å². The van der Waals surface area contributed by atoms with Gasteiger partial charge in [-0.25, -0.2) is 0 Å². The first kappa shape index (κ1) is 9.73. The van der Waals surface area contributed by atoms with Gasteiger partial charge in [0.25, 0.3) is 0 Å². The van der Waals surface area contributed by atoms with Gasteiger partial charge in [-0.2, -0.15) is 0 Å². The maximum Gasteiger partial charge on any atom is 0.0528 e. The molecule has 2 aromatic rings. The molecule has 0 aromatic heterocycles. The van der Waals surface area contributed by atoms with Gasteiger partial charge in [-0.1, -0.05) is 60.7 Å². The summed E-state index contributed by atoms with van der Waals surface area (Å²) in [6, 6.07) is 19.2. The number of hydrogen-bond acceptors (Lipinski definition) is 1. The van der Waals surface area contributed by atoms with Crippen molar-refractivity contribution >= 4 is 17.8 Å². The van der Waals surface area contributed by atoms with E-state index in [2.05, 4.69) is 66.7 Å². The van der Waals surface area contributed by atoms with Crippen LogP contribution in [0.4, 0.5) is 0 Å². The van der Waals surface area contributed by atoms with Gasteiger partial charge in [0.05, 0.1) is 5.25 Å². The molecule has 1 heteroatoms. The predicted octanol–water partition coefficient (Wildman–Crippen LogP) is 4.55. The molecule has 0 spiro atoms. The maximum atomic E-state index is 2.28. The summed E-state index contributed by atoms with van der Waals surface area (Å²) in [5, 5.41) is 0.455. The third-order valence-electron chi connectivity index (χ3n) is 2.75. The Morgan fingerprint density at radius 3 is 2.44 bits per heavy atom. The van der Waals surface area contributed by atoms with Crippen molar-refractivity contribution in [3.63, 3.8) is 0 Å². The second-order valence-corrected chi connectivity index (χ2v) is 5.03. The lowest BCUT2D eigenvalue weighted by Gasteiger charge is -2.18. The quantitative estimate of drug-likeness (QED) is 0.685. The minimum absolute atomic E-state index is 0.455. The monoisotopic (exact) mass is 224 g/mol. The Morgan fingerprint density at radius 2 is 1.56 bits per heavy atom. The molecule has 0 N–H and O–H groups in total. The lowest BCUT2D eigenvalue weighted by atomic mass is 10.1. The first-order valence-electron chi connectivity index (χ1n) is 5.42. The van der Waals surface area contributed by atoms with Crippen LogP contribution in [0.5, 0.6) is 0 Å². The molecule has 0 aliphatic carbocycles. The molecule has 0 radical (unpaired) electrons. The van der Waals surface area contributed by atoms with E-state index < -0.39 is 0 Å². The number of hydrogen-bond donors (Lipinski definition) is 0. The Labute approximate surface area is 100 Å². The molecule has 0 amide bonds. The second kappa shape index (κ2) is 4.18. The Balaban J connectivity index is 1.95. The molecule has 3 rings (SSSR count). The van der Waals surface area contributed by atoms with E-state index in [4.69, 9.17) is 0 Å². The third kappa shape index (κ3) is 1.79. The Morgan fingerprint density at radius 1 is 0.812 bits per heavy atom. The zero-order valence-corrected chi connectivity index (χ0v) is 9.65. The highest BCUT2D eigenvalue weighted by Crippen LogP contribution is 2.41. The lowest BCUT2D eigenvalue weighted by Crippen LogP contribution is -1.95. The van der Waals surface area contributed by atoms with Gasteiger partial charge in [0, 0.05) is 4.90 Å². The fourth-order valence-corrected chi connectivity index (χ4v) is 3.07. The molecule has 0 saturated carbocycles. The van der Waals surface area contributed by atoms with E-state index in [1.165, 1.54) is 16.0 Å². The molecule has 0 bridgehead atoms. The molecule has 0 unspecified atom stereocenters. The SMILES string of the molecule is C1=C[C@@H](c2ccccc2)Sc2ccccc21. The molecular weight excluding hydrogens is 212 g/mol. The summed E-state index contributed by atoms with van der Waals surface area (Å²) < 4.78 is 0. The van der Waals surface area contributed by atoms with Gasteiger partial charge < -0.3 is 0 Å². The summed E-state index contributed by atoms with van der Waals surface area (Å²) in [6.45, 7) is 0. The van der Waals surface area contributed by atoms with E-state index in [0.717, 1.165) is 0 Å². The van der Waals surface area contributed by atoms with Crippen molar-refractivity contribution in [1.29, 1.82) is 0 Å². The van der Waals surface area contributed by atoms with Gasteiger partial charge in [0.2, 0.25) is 0 Å². The van der Waals surface area contributed by atoms with E-state index in [9.17, 15) is 0 Å². The van der Waals surface area contributed by atoms with Crippen molar-refractivity contribution in [2.24, 2.45) is 0 Å². The average Bonchev–Trinajstić information content (AvgIpc) is 2.39. The van der Waals surface area contributed by atoms with Gasteiger partial charge in [-0.3, -0.25) is 0 Å². The smallest absolute Gasteiger partial charge is 0.0528 e. The van der Waals surface area contributed by atoms with Crippen molar-refractivity contribution in [3.05, 3.63) is 71.8 Å². The zero-order valence-electron chi connectivity index (χ0n) is 8.84. The predicted molar refractivity (Wildman–Crippen MR) is 70.5 cm³/mol. The van der Waals surface area contributed by atoms with E-state index in [0.29, 0.717) is 5.25 Å². The van der Waals surface area contributed by atoms with Gasteiger partial charge >= 0.3 is 0 Å². The topological polar surface area (TPSA) is 0 Å². The van der Waals surface area contributed by atoms with Crippen LogP contribution in [-0.2, 0) is 0 Å². The number of fused-ring (bicyclic) bond motifs is 1. The average molecular weight is 224 g/mol. The van der Waals surface area contributed by atoms with Gasteiger partial charge in [0.1, 0.15) is 0 Å². The summed E-state index contributed by atoms with van der Waals surface area (Å²) in [5.41, 5.74) is 2.71. The molecule has 1 atom stereocenters. The first-order valence-corrected chi connectivity index (χ1v) is 6.30. The maximum absolute atomic E-state index is 2.28. The fourth-order valence-electron chi connectivity index (χ4n) is 1.91. The van der Waals surface area contributed by atoms with E-state index >= 15 is 0 Å². The van der Waals surface area contributed by atoms with Gasteiger partial charge in [-0.05, 0) is 17.2 Å². The molecular formula is C15H12S. The molecule has 78 valence electrons. The van der Waals surface area contributed by atoms with Crippen LogP contribution in [0.2, 0.25) is 0 Å². The summed E-state index contributed by atoms with van der Waals surface area (Å²) in [5.74, 6) is 0. The van der Waals surface area contributed by atoms with Crippen LogP contribution in [0.15, 0.2) is 65.6 Å². The summed E-state index contributed by atoms with van der Waals surface area (Å²) in [6.07, 6.45) is 4.51. The highest BCUT2D eigenvalue weighted by atomic mass is 32.2. The fraction of sp³-hybridized carbons (Fsp3) is 0.0667. The molecule has 1 heterocycles. The van der Waals surface area contributed by atoms with Gasteiger partial charge in [0.15, 0.2) is 0 Å². The lowest BCUT2D eigenvalue weighted by molar-refractivity contribution is 1.20. The molecule has 0 saturated heterocycles. The van der Waals surface area contributed by atoms with Crippen LogP contribution in [-0.4, -0.2) is 0 Å². The van der Waals surface area contributed by atoms with E-state index in [1.807, 2.05) is 11.8 Å². The molecule has 0 fully saturated rings. The van der Waals surface area contributed by atoms with Crippen LogP contribution in [0.25, 0.3) is 6.08 Å². The standard InChI is InChI=1S/C15H12S/c1-2-6-12(7-3-1)15-11-10-13-8-4-5-9-14(13)16-15/h1-11,15H/t15-/m0/s1. The van der Waals surface area contributed by atoms with E-state index in [-0.39, 0.29) is 0 Å². The highest BCUT2D eigenvalue weighted by Gasteiger charge is 2.14. The van der Waals surface area contributed by atoms with Crippen LogP contribution in [0.1, 0.15) is 16.4 Å². The molecule has 2 aromatic carbocycles. The van der Waals surface area contributed by atoms with Crippen molar-refractivity contribution in [1.82, 2.24) is 0 Å². The highest BCUT2D eigenvalue weighted by molar-refractivity contribution is 7.99. The normalized spacial score (nSPS) is 18.1. The molecule has 1 aliphatic heterocycles. The summed E-state index contributed by atoms with van der Waals surface area (Å²) in [7, 11) is 0. The van der Waals surface area contributed by atoms with Crippen LogP contribution < -0.4 is 0 Å². The molecule has 0 nitrogen and oxygen atoms in total. The van der Waals surface area contributed by atoms with Gasteiger partial charge in [-0.15, -0.1) is 11.8 Å². The zero-order chi connectivity index (χ0) is 10.8. The minimum Gasteiger partial charge on any atom is -0.113 e. The van der Waals surface area contributed by atoms with Crippen molar-refractivity contribution < 1.29 is 0 Å². The molecule has 16 heavy (non-hydrogen) atoms. The molecule has 1 aliphatic rings. The number of rotatable bonds is 1. The second-order valence-electron chi connectivity index (χ2n) is 3.85. The number of thioether (sulfide) groups is 1. The number of benzene rings is 2.